The maximum absolute atomic E-state index is 12.1. The first-order chi connectivity index (χ1) is 9.97. The molecule has 7 nitrogen and oxygen atoms in total. The quantitative estimate of drug-likeness (QED) is 0.873. The van der Waals surface area contributed by atoms with Gasteiger partial charge in [0.2, 0.25) is 0 Å². The van der Waals surface area contributed by atoms with Crippen molar-refractivity contribution in [1.29, 1.82) is 0 Å². The van der Waals surface area contributed by atoms with Gasteiger partial charge in [0.1, 0.15) is 5.82 Å². The van der Waals surface area contributed by atoms with E-state index in [-0.39, 0.29) is 18.0 Å². The molecule has 0 unspecified atom stereocenters. The van der Waals surface area contributed by atoms with Crippen LogP contribution in [0.5, 0.6) is 0 Å². The van der Waals surface area contributed by atoms with Gasteiger partial charge in [-0.3, -0.25) is 4.79 Å². The van der Waals surface area contributed by atoms with E-state index in [0.717, 1.165) is 18.7 Å². The Hall–Kier alpha value is -2.05. The number of aliphatic carboxylic acids is 1. The van der Waals surface area contributed by atoms with E-state index in [4.69, 9.17) is 5.11 Å². The Balaban J connectivity index is 1.79. The third kappa shape index (κ3) is 3.96. The number of nitrogens with one attached hydrogen (secondary N) is 1. The number of hydrogen-bond acceptors (Lipinski definition) is 3. The number of aryl methyl sites for hydroxylation is 1. The molecule has 0 spiro atoms. The number of carboxylic acids is 1. The highest BCUT2D eigenvalue weighted by atomic mass is 16.4. The van der Waals surface area contributed by atoms with E-state index in [1.165, 1.54) is 0 Å². The van der Waals surface area contributed by atoms with Gasteiger partial charge in [-0.1, -0.05) is 0 Å². The second-order valence-electron chi connectivity index (χ2n) is 5.65. The molecule has 1 saturated carbocycles. The second-order valence-corrected chi connectivity index (χ2v) is 5.65. The monoisotopic (exact) mass is 294 g/mol. The maximum Gasteiger partial charge on any atom is 0.317 e. The third-order valence-electron chi connectivity index (χ3n) is 4.05. The molecule has 2 amide bonds. The van der Waals surface area contributed by atoms with Gasteiger partial charge in [0, 0.05) is 32.5 Å². The molecule has 0 aromatic carbocycles. The zero-order valence-corrected chi connectivity index (χ0v) is 12.5. The van der Waals surface area contributed by atoms with Crippen LogP contribution in [0.15, 0.2) is 12.4 Å². The summed E-state index contributed by atoms with van der Waals surface area (Å²) in [6.07, 6.45) is 6.24. The first-order valence-electron chi connectivity index (χ1n) is 7.18. The molecular weight excluding hydrogens is 272 g/mol. The molecular formula is C14H22N4O3. The fourth-order valence-electron chi connectivity index (χ4n) is 2.60. The van der Waals surface area contributed by atoms with Crippen molar-refractivity contribution in [2.75, 3.05) is 7.05 Å². The highest BCUT2D eigenvalue weighted by Crippen LogP contribution is 2.24. The Morgan fingerprint density at radius 2 is 2.10 bits per heavy atom. The molecule has 0 saturated heterocycles. The molecule has 0 bridgehead atoms. The van der Waals surface area contributed by atoms with Crippen molar-refractivity contribution < 1.29 is 14.7 Å². The predicted octanol–water partition coefficient (Wildman–Crippen LogP) is 1.20. The van der Waals surface area contributed by atoms with Gasteiger partial charge in [0.15, 0.2) is 0 Å². The number of aromatic nitrogens is 2. The van der Waals surface area contributed by atoms with Crippen molar-refractivity contribution >= 4 is 12.0 Å². The molecule has 116 valence electrons. The minimum atomic E-state index is -0.730. The smallest absolute Gasteiger partial charge is 0.317 e. The summed E-state index contributed by atoms with van der Waals surface area (Å²) in [6, 6.07) is -0.0753. The number of carboxylic acid groups (broad SMARTS) is 1. The van der Waals surface area contributed by atoms with Crippen LogP contribution in [0, 0.1) is 5.92 Å². The Labute approximate surface area is 124 Å². The molecule has 7 heteroatoms. The number of imidazole rings is 1. The van der Waals surface area contributed by atoms with Crippen molar-refractivity contribution in [3.8, 4) is 0 Å². The third-order valence-corrected chi connectivity index (χ3v) is 4.05. The lowest BCUT2D eigenvalue weighted by molar-refractivity contribution is -0.142. The number of carbonyl (C=O) groups is 2. The van der Waals surface area contributed by atoms with Gasteiger partial charge in [-0.05, 0) is 25.7 Å². The summed E-state index contributed by atoms with van der Waals surface area (Å²) in [5, 5.41) is 11.9. The fourth-order valence-corrected chi connectivity index (χ4v) is 2.60. The van der Waals surface area contributed by atoms with Crippen LogP contribution in [0.3, 0.4) is 0 Å². The Kier molecular flexibility index (Phi) is 4.82. The molecule has 2 N–H and O–H groups in total. The average Bonchev–Trinajstić information content (AvgIpc) is 2.84. The van der Waals surface area contributed by atoms with Crippen molar-refractivity contribution in [1.82, 2.24) is 19.8 Å². The van der Waals surface area contributed by atoms with Crippen LogP contribution in [0.25, 0.3) is 0 Å². The van der Waals surface area contributed by atoms with E-state index < -0.39 is 5.97 Å². The van der Waals surface area contributed by atoms with E-state index in [1.54, 1.807) is 18.1 Å². The summed E-state index contributed by atoms with van der Waals surface area (Å²) >= 11 is 0. The molecule has 0 atom stereocenters. The molecule has 1 aliphatic rings. The summed E-state index contributed by atoms with van der Waals surface area (Å²) in [7, 11) is 3.62. The second kappa shape index (κ2) is 6.60. The van der Waals surface area contributed by atoms with E-state index in [2.05, 4.69) is 10.3 Å². The summed E-state index contributed by atoms with van der Waals surface area (Å²) < 4.78 is 1.88. The van der Waals surface area contributed by atoms with E-state index in [0.29, 0.717) is 19.4 Å². The highest BCUT2D eigenvalue weighted by Gasteiger charge is 2.27. The maximum atomic E-state index is 12.1. The number of amides is 2. The largest absolute Gasteiger partial charge is 0.481 e. The fraction of sp³-hybridized carbons (Fsp3) is 0.643. The van der Waals surface area contributed by atoms with Gasteiger partial charge in [-0.2, -0.15) is 0 Å². The van der Waals surface area contributed by atoms with Crippen LogP contribution in [0.1, 0.15) is 31.5 Å². The Morgan fingerprint density at radius 3 is 2.62 bits per heavy atom. The van der Waals surface area contributed by atoms with Gasteiger partial charge in [0.25, 0.3) is 0 Å². The van der Waals surface area contributed by atoms with Crippen molar-refractivity contribution in [3.05, 3.63) is 18.2 Å². The summed E-state index contributed by atoms with van der Waals surface area (Å²) in [5.41, 5.74) is 0. The molecule has 1 aliphatic carbocycles. The number of nitrogens with zero attached hydrogens (tertiary/aromatic N) is 3. The minimum Gasteiger partial charge on any atom is -0.481 e. The zero-order valence-electron chi connectivity index (χ0n) is 12.5. The zero-order chi connectivity index (χ0) is 15.4. The minimum absolute atomic E-state index is 0.0666. The number of rotatable bonds is 4. The standard InChI is InChI=1S/C14H22N4O3/c1-17-8-7-15-12(17)9-18(2)14(21)16-11-5-3-10(4-6-11)13(19)20/h7-8,10-11H,3-6,9H2,1-2H3,(H,16,21)(H,19,20). The van der Waals surface area contributed by atoms with E-state index in [1.807, 2.05) is 17.8 Å². The first kappa shape index (κ1) is 15.3. The predicted molar refractivity (Wildman–Crippen MR) is 76.6 cm³/mol. The van der Waals surface area contributed by atoms with Crippen LogP contribution >= 0.6 is 0 Å². The number of hydrogen-bond donors (Lipinski definition) is 2. The van der Waals surface area contributed by atoms with Gasteiger partial charge < -0.3 is 19.9 Å². The molecule has 1 fully saturated rings. The molecule has 1 aromatic heterocycles. The van der Waals surface area contributed by atoms with Crippen molar-refractivity contribution in [2.24, 2.45) is 13.0 Å². The molecule has 21 heavy (non-hydrogen) atoms. The van der Waals surface area contributed by atoms with E-state index >= 15 is 0 Å². The summed E-state index contributed by atoms with van der Waals surface area (Å²) in [5.74, 6) is -0.169. The topological polar surface area (TPSA) is 87.5 Å². The molecule has 2 rings (SSSR count). The van der Waals surface area contributed by atoms with Crippen LogP contribution in [-0.4, -0.2) is 44.6 Å². The Bertz CT molecular complexity index is 506. The molecule has 1 aromatic rings. The normalized spacial score (nSPS) is 21.8. The lowest BCUT2D eigenvalue weighted by Gasteiger charge is -2.28. The van der Waals surface area contributed by atoms with Crippen LogP contribution in [0.4, 0.5) is 4.79 Å². The van der Waals surface area contributed by atoms with Crippen LogP contribution in [0.2, 0.25) is 0 Å². The van der Waals surface area contributed by atoms with Crippen molar-refractivity contribution in [3.63, 3.8) is 0 Å². The molecule has 0 radical (unpaired) electrons. The molecule has 1 heterocycles. The summed E-state index contributed by atoms with van der Waals surface area (Å²) in [4.78, 5) is 28.8. The van der Waals surface area contributed by atoms with Crippen LogP contribution < -0.4 is 5.32 Å². The van der Waals surface area contributed by atoms with Gasteiger partial charge in [-0.25, -0.2) is 9.78 Å². The first-order valence-corrected chi connectivity index (χ1v) is 7.18. The lowest BCUT2D eigenvalue weighted by atomic mass is 9.86. The van der Waals surface area contributed by atoms with Crippen LogP contribution in [-0.2, 0) is 18.4 Å². The number of carbonyl (C=O) groups excluding carboxylic acids is 1. The summed E-state index contributed by atoms with van der Waals surface area (Å²) in [6.45, 7) is 0.444. The highest BCUT2D eigenvalue weighted by molar-refractivity contribution is 5.74. The van der Waals surface area contributed by atoms with Gasteiger partial charge >= 0.3 is 12.0 Å². The van der Waals surface area contributed by atoms with E-state index in [9.17, 15) is 9.59 Å². The van der Waals surface area contributed by atoms with Gasteiger partial charge in [0.05, 0.1) is 12.5 Å². The van der Waals surface area contributed by atoms with Gasteiger partial charge in [-0.15, -0.1) is 0 Å². The average molecular weight is 294 g/mol. The Morgan fingerprint density at radius 1 is 1.43 bits per heavy atom. The van der Waals surface area contributed by atoms with Crippen molar-refractivity contribution in [2.45, 2.75) is 38.3 Å². The SMILES string of the molecule is CN(Cc1nccn1C)C(=O)NC1CCC(C(=O)O)CC1. The number of urea groups is 1. The molecule has 0 aliphatic heterocycles. The lowest BCUT2D eigenvalue weighted by Crippen LogP contribution is -2.44.